The maximum Gasteiger partial charge on any atom is 0.193 e. The molecule has 0 aliphatic rings. The number of carbonyl (C=O) groups is 1. The first kappa shape index (κ1) is 14.1. The van der Waals surface area contributed by atoms with Crippen LogP contribution in [0.1, 0.15) is 15.9 Å². The summed E-state index contributed by atoms with van der Waals surface area (Å²) in [7, 11) is 0. The molecule has 0 atom stereocenters. The molecule has 4 aromatic rings. The van der Waals surface area contributed by atoms with Crippen LogP contribution in [0, 0.1) is 0 Å². The lowest BCUT2D eigenvalue weighted by Crippen LogP contribution is -2.01. The third-order valence-electron chi connectivity index (χ3n) is 3.89. The molecular formula is C19H14N4O. The van der Waals surface area contributed by atoms with E-state index in [1.165, 1.54) is 0 Å². The topological polar surface area (TPSA) is 74.4 Å². The number of ketones is 1. The Kier molecular flexibility index (Phi) is 3.51. The summed E-state index contributed by atoms with van der Waals surface area (Å²) in [6.07, 6.45) is 3.55. The average molecular weight is 314 g/mol. The molecule has 0 fully saturated rings. The van der Waals surface area contributed by atoms with E-state index in [0.717, 1.165) is 22.5 Å². The van der Waals surface area contributed by atoms with Crippen molar-refractivity contribution >= 4 is 5.78 Å². The van der Waals surface area contributed by atoms with E-state index < -0.39 is 0 Å². The molecular weight excluding hydrogens is 300 g/mol. The quantitative estimate of drug-likeness (QED) is 0.564. The lowest BCUT2D eigenvalue weighted by Gasteiger charge is -2.04. The highest BCUT2D eigenvalue weighted by Gasteiger charge is 2.10. The van der Waals surface area contributed by atoms with Crippen LogP contribution in [-0.2, 0) is 0 Å². The molecule has 116 valence electrons. The Bertz CT molecular complexity index is 858. The van der Waals surface area contributed by atoms with Gasteiger partial charge < -0.3 is 0 Å². The summed E-state index contributed by atoms with van der Waals surface area (Å²) in [6.45, 7) is 0. The standard InChI is InChI=1S/C19H14N4O/c24-19(15-5-1-13(2-6-15)17-9-11-20-22-17)16-7-3-14(4-8-16)18-10-12-21-23-18/h1-12H,(H,20,22)(H,21,23). The van der Waals surface area contributed by atoms with Crippen molar-refractivity contribution in [2.75, 3.05) is 0 Å². The minimum Gasteiger partial charge on any atom is -0.289 e. The third-order valence-corrected chi connectivity index (χ3v) is 3.89. The van der Waals surface area contributed by atoms with Gasteiger partial charge in [0.1, 0.15) is 0 Å². The molecule has 4 rings (SSSR count). The first-order valence-corrected chi connectivity index (χ1v) is 7.56. The molecule has 24 heavy (non-hydrogen) atoms. The SMILES string of the molecule is O=C(c1ccc(-c2cc[nH]n2)cc1)c1ccc(-c2cc[nH]n2)cc1. The Labute approximate surface area is 138 Å². The summed E-state index contributed by atoms with van der Waals surface area (Å²) in [4.78, 5) is 12.6. The van der Waals surface area contributed by atoms with Gasteiger partial charge in [0.05, 0.1) is 11.4 Å². The van der Waals surface area contributed by atoms with Crippen molar-refractivity contribution in [3.05, 3.63) is 84.2 Å². The number of benzene rings is 2. The Morgan fingerprint density at radius 3 is 1.38 bits per heavy atom. The maximum atomic E-state index is 12.6. The lowest BCUT2D eigenvalue weighted by atomic mass is 10.00. The Morgan fingerprint density at radius 2 is 1.04 bits per heavy atom. The number of aromatic amines is 2. The second-order valence-corrected chi connectivity index (χ2v) is 5.40. The molecule has 2 heterocycles. The zero-order valence-electron chi connectivity index (χ0n) is 12.7. The van der Waals surface area contributed by atoms with Gasteiger partial charge in [0.15, 0.2) is 5.78 Å². The van der Waals surface area contributed by atoms with Crippen LogP contribution >= 0.6 is 0 Å². The molecule has 5 nitrogen and oxygen atoms in total. The Balaban J connectivity index is 1.57. The van der Waals surface area contributed by atoms with E-state index in [4.69, 9.17) is 0 Å². The van der Waals surface area contributed by atoms with Crippen molar-refractivity contribution in [3.8, 4) is 22.5 Å². The van der Waals surface area contributed by atoms with Crippen molar-refractivity contribution in [1.82, 2.24) is 20.4 Å². The van der Waals surface area contributed by atoms with Gasteiger partial charge >= 0.3 is 0 Å². The van der Waals surface area contributed by atoms with Gasteiger partial charge in [0.2, 0.25) is 0 Å². The number of carbonyl (C=O) groups excluding carboxylic acids is 1. The van der Waals surface area contributed by atoms with Crippen LogP contribution in [0.3, 0.4) is 0 Å². The molecule has 0 radical (unpaired) electrons. The van der Waals surface area contributed by atoms with Gasteiger partial charge in [-0.3, -0.25) is 15.0 Å². The van der Waals surface area contributed by atoms with Gasteiger partial charge in [0.25, 0.3) is 0 Å². The molecule has 2 N–H and O–H groups in total. The Hall–Kier alpha value is -3.47. The summed E-state index contributed by atoms with van der Waals surface area (Å²) in [5.74, 6) is -0.00263. The summed E-state index contributed by atoms with van der Waals surface area (Å²) < 4.78 is 0. The van der Waals surface area contributed by atoms with Crippen molar-refractivity contribution in [2.45, 2.75) is 0 Å². The zero-order chi connectivity index (χ0) is 16.4. The van der Waals surface area contributed by atoms with E-state index in [1.54, 1.807) is 12.4 Å². The molecule has 0 aliphatic carbocycles. The highest BCUT2D eigenvalue weighted by atomic mass is 16.1. The minimum absolute atomic E-state index is 0.00263. The van der Waals surface area contributed by atoms with Gasteiger partial charge in [-0.05, 0) is 12.1 Å². The number of nitrogens with one attached hydrogen (secondary N) is 2. The molecule has 0 spiro atoms. The van der Waals surface area contributed by atoms with Crippen LogP contribution < -0.4 is 0 Å². The van der Waals surface area contributed by atoms with Crippen molar-refractivity contribution < 1.29 is 4.79 Å². The highest BCUT2D eigenvalue weighted by Crippen LogP contribution is 2.20. The van der Waals surface area contributed by atoms with Crippen LogP contribution in [0.2, 0.25) is 0 Å². The van der Waals surface area contributed by atoms with Gasteiger partial charge in [-0.15, -0.1) is 0 Å². The number of aromatic nitrogens is 4. The predicted octanol–water partition coefficient (Wildman–Crippen LogP) is 3.70. The van der Waals surface area contributed by atoms with Crippen LogP contribution in [0.5, 0.6) is 0 Å². The summed E-state index contributed by atoms with van der Waals surface area (Å²) in [5, 5.41) is 13.8. The van der Waals surface area contributed by atoms with E-state index in [-0.39, 0.29) is 5.78 Å². The van der Waals surface area contributed by atoms with Crippen molar-refractivity contribution in [1.29, 1.82) is 0 Å². The van der Waals surface area contributed by atoms with Crippen molar-refractivity contribution in [2.24, 2.45) is 0 Å². The second-order valence-electron chi connectivity index (χ2n) is 5.40. The fourth-order valence-electron chi connectivity index (χ4n) is 2.59. The molecule has 2 aromatic heterocycles. The first-order valence-electron chi connectivity index (χ1n) is 7.56. The normalized spacial score (nSPS) is 10.7. The number of hydrogen-bond acceptors (Lipinski definition) is 3. The summed E-state index contributed by atoms with van der Waals surface area (Å²) >= 11 is 0. The zero-order valence-corrected chi connectivity index (χ0v) is 12.7. The van der Waals surface area contributed by atoms with Gasteiger partial charge in [-0.2, -0.15) is 10.2 Å². The molecule has 2 aromatic carbocycles. The summed E-state index contributed by atoms with van der Waals surface area (Å²) in [5.41, 5.74) is 4.97. The van der Waals surface area contributed by atoms with Crippen LogP contribution in [0.15, 0.2) is 73.1 Å². The molecule has 0 unspecified atom stereocenters. The third kappa shape index (κ3) is 2.63. The largest absolute Gasteiger partial charge is 0.289 e. The molecule has 0 amide bonds. The number of rotatable bonds is 4. The van der Waals surface area contributed by atoms with E-state index >= 15 is 0 Å². The van der Waals surface area contributed by atoms with Gasteiger partial charge in [0, 0.05) is 34.6 Å². The second kappa shape index (κ2) is 5.96. The minimum atomic E-state index is -0.00263. The monoisotopic (exact) mass is 314 g/mol. The van der Waals surface area contributed by atoms with E-state index in [1.807, 2.05) is 60.7 Å². The first-order chi connectivity index (χ1) is 11.8. The van der Waals surface area contributed by atoms with Crippen molar-refractivity contribution in [3.63, 3.8) is 0 Å². The number of hydrogen-bond donors (Lipinski definition) is 2. The van der Waals surface area contributed by atoms with E-state index in [9.17, 15) is 4.79 Å². The fourth-order valence-corrected chi connectivity index (χ4v) is 2.59. The van der Waals surface area contributed by atoms with E-state index in [2.05, 4.69) is 20.4 Å². The maximum absolute atomic E-state index is 12.6. The average Bonchev–Trinajstić information content (AvgIpc) is 3.35. The smallest absolute Gasteiger partial charge is 0.193 e. The van der Waals surface area contributed by atoms with Gasteiger partial charge in [-0.1, -0.05) is 48.5 Å². The van der Waals surface area contributed by atoms with Crippen LogP contribution in [0.25, 0.3) is 22.5 Å². The summed E-state index contributed by atoms with van der Waals surface area (Å²) in [6, 6.07) is 18.7. The number of H-pyrrole nitrogens is 2. The lowest BCUT2D eigenvalue weighted by molar-refractivity contribution is 0.103. The molecule has 0 saturated heterocycles. The Morgan fingerprint density at radius 1 is 0.625 bits per heavy atom. The van der Waals surface area contributed by atoms with Crippen LogP contribution in [0.4, 0.5) is 0 Å². The van der Waals surface area contributed by atoms with Crippen LogP contribution in [-0.4, -0.2) is 26.2 Å². The highest BCUT2D eigenvalue weighted by molar-refractivity contribution is 6.09. The fraction of sp³-hybridized carbons (Fsp3) is 0. The van der Waals surface area contributed by atoms with E-state index in [0.29, 0.717) is 11.1 Å². The van der Waals surface area contributed by atoms with Gasteiger partial charge in [-0.25, -0.2) is 0 Å². The number of nitrogens with zero attached hydrogens (tertiary/aromatic N) is 2. The molecule has 0 bridgehead atoms. The molecule has 5 heteroatoms. The predicted molar refractivity (Wildman–Crippen MR) is 91.5 cm³/mol. The molecule has 0 saturated carbocycles. The molecule has 0 aliphatic heterocycles.